The smallest absolute Gasteiger partial charge is 0.416 e. The second-order valence-electron chi connectivity index (χ2n) is 9.93. The summed E-state index contributed by atoms with van der Waals surface area (Å²) in [6, 6.07) is 9.48. The summed E-state index contributed by atoms with van der Waals surface area (Å²) in [6.45, 7) is 1.72. The molecule has 1 aromatic carbocycles. The van der Waals surface area contributed by atoms with E-state index in [0.717, 1.165) is 44.5 Å². The van der Waals surface area contributed by atoms with Crippen LogP contribution in [0, 0.1) is 0 Å². The fourth-order valence-corrected chi connectivity index (χ4v) is 6.61. The number of ether oxygens (including phenoxy) is 1. The van der Waals surface area contributed by atoms with Gasteiger partial charge in [0.05, 0.1) is 11.8 Å². The van der Waals surface area contributed by atoms with Crippen LogP contribution in [0.2, 0.25) is 0 Å². The van der Waals surface area contributed by atoms with Gasteiger partial charge in [0.15, 0.2) is 5.82 Å². The molecule has 0 unspecified atom stereocenters. The third-order valence-electron chi connectivity index (χ3n) is 7.44. The van der Waals surface area contributed by atoms with E-state index in [2.05, 4.69) is 19.9 Å². The predicted octanol–water partition coefficient (Wildman–Crippen LogP) is 4.35. The van der Waals surface area contributed by atoms with Crippen molar-refractivity contribution in [3.05, 3.63) is 72.3 Å². The van der Waals surface area contributed by atoms with Crippen LogP contribution in [0.3, 0.4) is 0 Å². The highest BCUT2D eigenvalue weighted by atomic mass is 32.2. The molecule has 0 radical (unpaired) electrons. The minimum absolute atomic E-state index is 0.0290. The quantitative estimate of drug-likeness (QED) is 0.265. The molecule has 3 aromatic rings. The standard InChI is InChI=1S/C27H28F3N5O5S/c28-27(29,30)21-5-3-4-19(14-21)20-6-8-24(23(15-20)34-12-1-2-13-34)40-26-9-7-22(16-32-26)41(37,38)35(39-18-36)25-10-11-31-17-33-25/h3-5,7,9-11,14,16-18,20,23-24H,1-2,6,8,12-13,15H2/t20-,23-,24-/m0/s1. The van der Waals surface area contributed by atoms with Crippen molar-refractivity contribution in [3.63, 3.8) is 0 Å². The number of pyridine rings is 1. The van der Waals surface area contributed by atoms with Crippen molar-refractivity contribution >= 4 is 22.3 Å². The molecule has 41 heavy (non-hydrogen) atoms. The van der Waals surface area contributed by atoms with Crippen molar-refractivity contribution in [2.75, 3.05) is 17.6 Å². The molecule has 218 valence electrons. The van der Waals surface area contributed by atoms with Crippen molar-refractivity contribution in [1.29, 1.82) is 0 Å². The predicted molar refractivity (Wildman–Crippen MR) is 140 cm³/mol. The van der Waals surface area contributed by atoms with Crippen LogP contribution in [0.5, 0.6) is 5.88 Å². The monoisotopic (exact) mass is 591 g/mol. The number of alkyl halides is 3. The summed E-state index contributed by atoms with van der Waals surface area (Å²) in [6.07, 6.45) is 2.77. The molecule has 0 amide bonds. The first-order chi connectivity index (χ1) is 19.7. The molecule has 2 aromatic heterocycles. The molecule has 14 heteroatoms. The Morgan fingerprint density at radius 3 is 2.51 bits per heavy atom. The van der Waals surface area contributed by atoms with E-state index < -0.39 is 21.8 Å². The molecule has 1 aliphatic heterocycles. The van der Waals surface area contributed by atoms with Gasteiger partial charge in [0.2, 0.25) is 5.88 Å². The fourth-order valence-electron chi connectivity index (χ4n) is 5.49. The van der Waals surface area contributed by atoms with Gasteiger partial charge in [-0.3, -0.25) is 9.69 Å². The maximum absolute atomic E-state index is 13.3. The molecule has 1 aliphatic carbocycles. The van der Waals surface area contributed by atoms with Crippen molar-refractivity contribution in [2.24, 2.45) is 0 Å². The Morgan fingerprint density at radius 1 is 1.05 bits per heavy atom. The molecule has 0 N–H and O–H groups in total. The van der Waals surface area contributed by atoms with E-state index in [1.807, 2.05) is 0 Å². The molecule has 0 bridgehead atoms. The first kappa shape index (κ1) is 28.7. The van der Waals surface area contributed by atoms with Gasteiger partial charge in [-0.1, -0.05) is 22.7 Å². The number of hydrogen-bond acceptors (Lipinski definition) is 9. The number of sulfonamides is 1. The first-order valence-corrected chi connectivity index (χ1v) is 14.6. The lowest BCUT2D eigenvalue weighted by molar-refractivity contribution is -0.137. The van der Waals surface area contributed by atoms with E-state index in [0.29, 0.717) is 29.3 Å². The molecule has 3 atom stereocenters. The number of hydrogen-bond donors (Lipinski definition) is 0. The Morgan fingerprint density at radius 2 is 1.85 bits per heavy atom. The topological polar surface area (TPSA) is 115 Å². The zero-order chi connectivity index (χ0) is 29.0. The molecular weight excluding hydrogens is 563 g/mol. The number of benzene rings is 1. The highest BCUT2D eigenvalue weighted by Crippen LogP contribution is 2.40. The van der Waals surface area contributed by atoms with Crippen LogP contribution in [0.1, 0.15) is 49.1 Å². The fraction of sp³-hybridized carbons (Fsp3) is 0.407. The molecule has 5 rings (SSSR count). The maximum Gasteiger partial charge on any atom is 0.416 e. The Balaban J connectivity index is 1.33. The minimum atomic E-state index is -4.40. The summed E-state index contributed by atoms with van der Waals surface area (Å²) in [4.78, 5) is 29.5. The summed E-state index contributed by atoms with van der Waals surface area (Å²) < 4.78 is 72.9. The number of nitrogens with zero attached hydrogens (tertiary/aromatic N) is 5. The van der Waals surface area contributed by atoms with Gasteiger partial charge in [0.1, 0.15) is 17.3 Å². The highest BCUT2D eigenvalue weighted by Gasteiger charge is 2.39. The van der Waals surface area contributed by atoms with Crippen LogP contribution in [0.4, 0.5) is 19.0 Å². The van der Waals surface area contributed by atoms with E-state index in [1.54, 1.807) is 6.07 Å². The maximum atomic E-state index is 13.3. The van der Waals surface area contributed by atoms with E-state index in [9.17, 15) is 26.4 Å². The van der Waals surface area contributed by atoms with Gasteiger partial charge in [-0.05, 0) is 68.8 Å². The van der Waals surface area contributed by atoms with Crippen LogP contribution in [0.25, 0.3) is 0 Å². The van der Waals surface area contributed by atoms with Gasteiger partial charge < -0.3 is 9.57 Å². The molecule has 0 spiro atoms. The largest absolute Gasteiger partial charge is 0.473 e. The second-order valence-corrected chi connectivity index (χ2v) is 11.7. The summed E-state index contributed by atoms with van der Waals surface area (Å²) in [7, 11) is -4.36. The Bertz CT molecular complexity index is 1440. The second kappa shape index (κ2) is 12.0. The Hall–Kier alpha value is -3.78. The lowest BCUT2D eigenvalue weighted by atomic mass is 9.79. The Labute approximate surface area is 235 Å². The zero-order valence-corrected chi connectivity index (χ0v) is 22.7. The van der Waals surface area contributed by atoms with Crippen LogP contribution in [-0.4, -0.2) is 60.0 Å². The molecule has 1 saturated heterocycles. The number of aromatic nitrogens is 3. The van der Waals surface area contributed by atoms with Crippen molar-refractivity contribution in [3.8, 4) is 5.88 Å². The average Bonchev–Trinajstić information content (AvgIpc) is 3.51. The van der Waals surface area contributed by atoms with Crippen molar-refractivity contribution < 1.29 is 36.0 Å². The summed E-state index contributed by atoms with van der Waals surface area (Å²) in [5.74, 6) is -0.00667. The van der Waals surface area contributed by atoms with Gasteiger partial charge in [-0.15, -0.1) is 0 Å². The molecule has 10 nitrogen and oxygen atoms in total. The van der Waals surface area contributed by atoms with Crippen LogP contribution < -0.4 is 9.21 Å². The molecule has 2 aliphatic rings. The third kappa shape index (κ3) is 6.43. The van der Waals surface area contributed by atoms with Gasteiger partial charge in [-0.25, -0.2) is 15.0 Å². The number of anilines is 1. The third-order valence-corrected chi connectivity index (χ3v) is 8.99. The minimum Gasteiger partial charge on any atom is -0.473 e. The van der Waals surface area contributed by atoms with Crippen molar-refractivity contribution in [2.45, 2.75) is 61.2 Å². The van der Waals surface area contributed by atoms with E-state index >= 15 is 0 Å². The van der Waals surface area contributed by atoms with E-state index in [4.69, 9.17) is 9.57 Å². The van der Waals surface area contributed by atoms with Gasteiger partial charge in [-0.2, -0.15) is 21.6 Å². The highest BCUT2D eigenvalue weighted by molar-refractivity contribution is 7.92. The SMILES string of the molecule is O=CON(c1ccncn1)S(=O)(=O)c1ccc(O[C@H]2CC[C@H](c3cccc(C(F)(F)F)c3)C[C@@H]2N2CCCC2)nc1. The van der Waals surface area contributed by atoms with Gasteiger partial charge >= 0.3 is 12.6 Å². The number of carbonyl (C=O) groups is 1. The van der Waals surface area contributed by atoms with E-state index in [-0.39, 0.29) is 41.1 Å². The summed E-state index contributed by atoms with van der Waals surface area (Å²) >= 11 is 0. The summed E-state index contributed by atoms with van der Waals surface area (Å²) in [5, 5.41) is 0. The number of likely N-dealkylation sites (tertiary alicyclic amines) is 1. The molecule has 1 saturated carbocycles. The number of rotatable bonds is 9. The van der Waals surface area contributed by atoms with Crippen LogP contribution >= 0.6 is 0 Å². The average molecular weight is 592 g/mol. The molecular formula is C27H28F3N5O5S. The van der Waals surface area contributed by atoms with Crippen molar-refractivity contribution in [1.82, 2.24) is 19.9 Å². The van der Waals surface area contributed by atoms with Gasteiger partial charge in [0, 0.05) is 24.4 Å². The number of halogens is 3. The van der Waals surface area contributed by atoms with E-state index in [1.165, 1.54) is 36.5 Å². The molecule has 3 heterocycles. The molecule has 2 fully saturated rings. The zero-order valence-electron chi connectivity index (χ0n) is 21.9. The normalized spacial score (nSPS) is 21.8. The van der Waals surface area contributed by atoms with Crippen LogP contribution in [-0.2, 0) is 25.8 Å². The lowest BCUT2D eigenvalue weighted by Gasteiger charge is -2.41. The lowest BCUT2D eigenvalue weighted by Crippen LogP contribution is -2.48. The summed E-state index contributed by atoms with van der Waals surface area (Å²) in [5.41, 5.74) is 0.0168. The first-order valence-electron chi connectivity index (χ1n) is 13.1. The Kier molecular flexibility index (Phi) is 8.40. The number of carbonyl (C=O) groups excluding carboxylic acids is 1. The van der Waals surface area contributed by atoms with Gasteiger partial charge in [0.25, 0.3) is 10.0 Å². The van der Waals surface area contributed by atoms with Crippen LogP contribution in [0.15, 0.2) is 66.1 Å².